The topological polar surface area (TPSA) is 138 Å². The van der Waals surface area contributed by atoms with E-state index < -0.39 is 0 Å². The van der Waals surface area contributed by atoms with E-state index in [1.807, 2.05) is 19.1 Å². The molecule has 36 heavy (non-hydrogen) atoms. The van der Waals surface area contributed by atoms with E-state index >= 15 is 0 Å². The Morgan fingerprint density at radius 2 is 2.14 bits per heavy atom. The van der Waals surface area contributed by atoms with E-state index in [1.165, 1.54) is 4.68 Å². The summed E-state index contributed by atoms with van der Waals surface area (Å²) in [5, 5.41) is 30.3. The minimum Gasteiger partial charge on any atom is -0.395 e. The van der Waals surface area contributed by atoms with Crippen molar-refractivity contribution in [2.24, 2.45) is 7.05 Å². The maximum atomic E-state index is 12.8. The zero-order chi connectivity index (χ0) is 25.3. The van der Waals surface area contributed by atoms with Crippen LogP contribution in [-0.2, 0) is 23.6 Å². The maximum Gasteiger partial charge on any atom is 0.269 e. The number of aliphatic hydroxyl groups is 1. The molecule has 1 aliphatic carbocycles. The van der Waals surface area contributed by atoms with Gasteiger partial charge in [-0.05, 0) is 55.0 Å². The van der Waals surface area contributed by atoms with E-state index in [-0.39, 0.29) is 24.0 Å². The van der Waals surface area contributed by atoms with E-state index in [9.17, 15) is 15.2 Å². The average Bonchev–Trinajstić information content (AvgIpc) is 3.44. The van der Waals surface area contributed by atoms with Gasteiger partial charge in [-0.2, -0.15) is 10.4 Å². The number of amides is 1. The Morgan fingerprint density at radius 3 is 2.89 bits per heavy atom. The maximum absolute atomic E-state index is 12.8. The Labute approximate surface area is 209 Å². The molecule has 0 radical (unpaired) electrons. The summed E-state index contributed by atoms with van der Waals surface area (Å²) in [6, 6.07) is 9.71. The smallest absolute Gasteiger partial charge is 0.269 e. The number of aliphatic hydroxyl groups excluding tert-OH is 1. The first kappa shape index (κ1) is 23.9. The van der Waals surface area contributed by atoms with Gasteiger partial charge in [-0.25, -0.2) is 9.97 Å². The molecule has 5 rings (SSSR count). The number of aromatic nitrogens is 4. The van der Waals surface area contributed by atoms with Crippen molar-refractivity contribution in [2.75, 3.05) is 25.1 Å². The van der Waals surface area contributed by atoms with E-state index in [0.29, 0.717) is 41.9 Å². The van der Waals surface area contributed by atoms with Gasteiger partial charge < -0.3 is 20.5 Å². The molecule has 3 N–H and O–H groups in total. The van der Waals surface area contributed by atoms with Crippen LogP contribution in [0.2, 0.25) is 0 Å². The second-order valence-corrected chi connectivity index (χ2v) is 9.67. The lowest BCUT2D eigenvalue weighted by atomic mass is 9.83. The fraction of sp³-hybridized carbons (Fsp3) is 0.423. The van der Waals surface area contributed by atoms with Crippen LogP contribution in [0.1, 0.15) is 53.4 Å². The fourth-order valence-electron chi connectivity index (χ4n) is 4.96. The molecule has 10 nitrogen and oxygen atoms in total. The number of nitriles is 1. The quantitative estimate of drug-likeness (QED) is 0.482. The molecule has 1 atom stereocenters. The third-order valence-corrected chi connectivity index (χ3v) is 7.16. The summed E-state index contributed by atoms with van der Waals surface area (Å²) in [4.78, 5) is 21.7. The zero-order valence-electron chi connectivity index (χ0n) is 20.4. The van der Waals surface area contributed by atoms with Gasteiger partial charge in [-0.3, -0.25) is 9.48 Å². The molecule has 186 valence electrons. The molecule has 1 aromatic carbocycles. The monoisotopic (exact) mass is 487 g/mol. The van der Waals surface area contributed by atoms with Crippen LogP contribution in [0.3, 0.4) is 0 Å². The molecule has 1 saturated heterocycles. The molecule has 10 heteroatoms. The summed E-state index contributed by atoms with van der Waals surface area (Å²) in [5.74, 6) is 0.589. The molecular formula is C26H29N7O3. The number of nitrogens with zero attached hydrogens (tertiary/aromatic N) is 5. The van der Waals surface area contributed by atoms with E-state index in [2.05, 4.69) is 31.8 Å². The molecule has 1 unspecified atom stereocenters. The highest BCUT2D eigenvalue weighted by molar-refractivity contribution is 5.93. The number of hydrogen-bond acceptors (Lipinski definition) is 8. The molecule has 3 heterocycles. The van der Waals surface area contributed by atoms with Crippen LogP contribution in [0.25, 0.3) is 11.3 Å². The fourth-order valence-corrected chi connectivity index (χ4v) is 4.96. The lowest BCUT2D eigenvalue weighted by Gasteiger charge is -2.23. The Bertz CT molecular complexity index is 1340. The van der Waals surface area contributed by atoms with Crippen LogP contribution in [0.15, 0.2) is 30.5 Å². The number of hydrogen-bond donors (Lipinski definition) is 3. The van der Waals surface area contributed by atoms with Crippen LogP contribution in [0.4, 0.5) is 11.8 Å². The molecule has 0 spiro atoms. The second-order valence-electron chi connectivity index (χ2n) is 9.67. The Morgan fingerprint density at radius 1 is 1.33 bits per heavy atom. The van der Waals surface area contributed by atoms with E-state index in [4.69, 9.17) is 4.74 Å². The molecule has 1 amide bonds. The number of carbonyl (C=O) groups excluding carboxylic acids is 1. The van der Waals surface area contributed by atoms with Crippen LogP contribution in [-0.4, -0.2) is 56.6 Å². The number of nitrogens with one attached hydrogen (secondary N) is 2. The van der Waals surface area contributed by atoms with Crippen molar-refractivity contribution in [1.29, 1.82) is 5.26 Å². The SMILES string of the molecule is Cn1nc(Nc2nccc(-c3cc(C#N)c4c(c3)C(C)(CO)CC4)n2)cc1C(=O)NC1CCOCC1. The standard InChI is InChI=1S/C26H29N7O3/c1-26(15-34)7-3-19-17(14-27)11-16(12-20(19)26)21-4-8-28-25(30-21)31-23-13-22(33(2)32-23)24(35)29-18-5-9-36-10-6-18/h4,8,11-13,18,34H,3,5-7,9-10,15H2,1-2H3,(H,29,35)(H,28,30,31,32). The van der Waals surface area contributed by atoms with Crippen LogP contribution < -0.4 is 10.6 Å². The molecule has 1 fully saturated rings. The Hall–Kier alpha value is -3.81. The van der Waals surface area contributed by atoms with Gasteiger partial charge in [0.2, 0.25) is 5.95 Å². The number of rotatable bonds is 6. The van der Waals surface area contributed by atoms with Gasteiger partial charge in [0.25, 0.3) is 5.91 Å². The lowest BCUT2D eigenvalue weighted by molar-refractivity contribution is 0.0692. The number of ether oxygens (including phenoxy) is 1. The zero-order valence-corrected chi connectivity index (χ0v) is 20.4. The first-order valence-electron chi connectivity index (χ1n) is 12.1. The summed E-state index contributed by atoms with van der Waals surface area (Å²) < 4.78 is 6.88. The highest BCUT2D eigenvalue weighted by atomic mass is 16.5. The van der Waals surface area contributed by atoms with Gasteiger partial charge in [-0.1, -0.05) is 6.92 Å². The van der Waals surface area contributed by atoms with Crippen molar-refractivity contribution in [1.82, 2.24) is 25.1 Å². The van der Waals surface area contributed by atoms with E-state index in [1.54, 1.807) is 25.4 Å². The Kier molecular flexibility index (Phi) is 6.43. The summed E-state index contributed by atoms with van der Waals surface area (Å²) in [7, 11) is 1.72. The van der Waals surface area contributed by atoms with Gasteiger partial charge in [0.15, 0.2) is 5.82 Å². The predicted octanol–water partition coefficient (Wildman–Crippen LogP) is 2.60. The molecular weight excluding hydrogens is 458 g/mol. The van der Waals surface area contributed by atoms with Gasteiger partial charge in [0, 0.05) is 49.5 Å². The number of benzene rings is 1. The number of fused-ring (bicyclic) bond motifs is 1. The second kappa shape index (κ2) is 9.68. The van der Waals surface area contributed by atoms with Crippen LogP contribution in [0, 0.1) is 11.3 Å². The minimum atomic E-state index is -0.374. The first-order chi connectivity index (χ1) is 17.4. The molecule has 1 aliphatic heterocycles. The predicted molar refractivity (Wildman–Crippen MR) is 133 cm³/mol. The van der Waals surface area contributed by atoms with Crippen molar-refractivity contribution >= 4 is 17.7 Å². The number of anilines is 2. The molecule has 0 bridgehead atoms. The van der Waals surface area contributed by atoms with Crippen LogP contribution in [0.5, 0.6) is 0 Å². The molecule has 2 aromatic heterocycles. The average molecular weight is 488 g/mol. The molecule has 0 saturated carbocycles. The summed E-state index contributed by atoms with van der Waals surface area (Å²) in [5.41, 5.74) is 4.10. The number of carbonyl (C=O) groups is 1. The summed E-state index contributed by atoms with van der Waals surface area (Å²) in [6.45, 7) is 3.34. The molecule has 2 aliphatic rings. The largest absolute Gasteiger partial charge is 0.395 e. The van der Waals surface area contributed by atoms with Crippen molar-refractivity contribution in [3.63, 3.8) is 0 Å². The van der Waals surface area contributed by atoms with Crippen LogP contribution >= 0.6 is 0 Å². The van der Waals surface area contributed by atoms with Crippen molar-refractivity contribution in [3.8, 4) is 17.3 Å². The number of aryl methyl sites for hydroxylation is 1. The third-order valence-electron chi connectivity index (χ3n) is 7.16. The lowest BCUT2D eigenvalue weighted by Crippen LogP contribution is -2.39. The van der Waals surface area contributed by atoms with Crippen molar-refractivity contribution in [3.05, 3.63) is 52.8 Å². The van der Waals surface area contributed by atoms with Gasteiger partial charge in [0.1, 0.15) is 5.69 Å². The summed E-state index contributed by atoms with van der Waals surface area (Å²) >= 11 is 0. The van der Waals surface area contributed by atoms with Gasteiger partial charge in [0.05, 0.1) is 23.9 Å². The third kappa shape index (κ3) is 4.55. The normalized spacial score (nSPS) is 19.5. The van der Waals surface area contributed by atoms with Gasteiger partial charge in [-0.15, -0.1) is 0 Å². The van der Waals surface area contributed by atoms with Gasteiger partial charge >= 0.3 is 0 Å². The van der Waals surface area contributed by atoms with E-state index in [0.717, 1.165) is 42.4 Å². The molecule has 3 aromatic rings. The van der Waals surface area contributed by atoms with Crippen molar-refractivity contribution in [2.45, 2.75) is 44.1 Å². The first-order valence-corrected chi connectivity index (χ1v) is 12.1. The highest BCUT2D eigenvalue weighted by Crippen LogP contribution is 2.42. The summed E-state index contributed by atoms with van der Waals surface area (Å²) in [6.07, 6.45) is 4.80. The Balaban J connectivity index is 1.38. The van der Waals surface area contributed by atoms with Crippen molar-refractivity contribution < 1.29 is 14.6 Å². The highest BCUT2D eigenvalue weighted by Gasteiger charge is 2.35. The minimum absolute atomic E-state index is 0.0228.